The minimum Gasteiger partial charge on any atom is -0.493 e. The van der Waals surface area contributed by atoms with E-state index in [2.05, 4.69) is 10.6 Å². The van der Waals surface area contributed by atoms with Crippen LogP contribution in [0.4, 0.5) is 5.69 Å². The van der Waals surface area contributed by atoms with Gasteiger partial charge in [-0.3, -0.25) is 14.4 Å². The van der Waals surface area contributed by atoms with E-state index in [4.69, 9.17) is 32.7 Å². The Kier molecular flexibility index (Phi) is 7.26. The molecule has 0 saturated heterocycles. The molecule has 0 atom stereocenters. The van der Waals surface area contributed by atoms with Gasteiger partial charge in [-0.05, 0) is 55.5 Å². The fourth-order valence-corrected chi connectivity index (χ4v) is 5.71. The minimum absolute atomic E-state index is 0.0373. The van der Waals surface area contributed by atoms with Crippen molar-refractivity contribution >= 4 is 46.4 Å². The maximum Gasteiger partial charge on any atom is 0.262 e. The Hall–Kier alpha value is -3.29. The molecule has 192 valence electrons. The number of hydrogen-bond acceptors (Lipinski definition) is 6. The van der Waals surface area contributed by atoms with Crippen LogP contribution in [0.25, 0.3) is 0 Å². The number of para-hydroxylation sites is 1. The van der Waals surface area contributed by atoms with Crippen LogP contribution >= 0.6 is 23.2 Å². The van der Waals surface area contributed by atoms with Crippen LogP contribution in [0.2, 0.25) is 10.0 Å². The number of rotatable bonds is 6. The summed E-state index contributed by atoms with van der Waals surface area (Å²) >= 11 is 12.8. The highest BCUT2D eigenvalue weighted by molar-refractivity contribution is 6.33. The first-order valence-electron chi connectivity index (χ1n) is 12.2. The molecule has 0 spiro atoms. The van der Waals surface area contributed by atoms with E-state index in [-0.39, 0.29) is 28.9 Å². The molecule has 37 heavy (non-hydrogen) atoms. The van der Waals surface area contributed by atoms with E-state index in [0.29, 0.717) is 46.0 Å². The lowest BCUT2D eigenvalue weighted by atomic mass is 9.71. The van der Waals surface area contributed by atoms with Gasteiger partial charge >= 0.3 is 0 Å². The van der Waals surface area contributed by atoms with Gasteiger partial charge in [-0.1, -0.05) is 35.3 Å². The number of nitrogens with one attached hydrogen (secondary N) is 2. The van der Waals surface area contributed by atoms with Crippen molar-refractivity contribution in [2.45, 2.75) is 44.4 Å². The van der Waals surface area contributed by atoms with Crippen LogP contribution in [0.3, 0.4) is 0 Å². The molecule has 2 N–H and O–H groups in total. The number of carbonyl (C=O) groups is 3. The molecule has 1 aliphatic heterocycles. The van der Waals surface area contributed by atoms with Gasteiger partial charge in [0, 0.05) is 41.3 Å². The Morgan fingerprint density at radius 3 is 2.24 bits per heavy atom. The number of methoxy groups -OCH3 is 1. The Morgan fingerprint density at radius 2 is 1.62 bits per heavy atom. The molecule has 0 aromatic heterocycles. The molecule has 2 aromatic carbocycles. The van der Waals surface area contributed by atoms with E-state index in [1.165, 1.54) is 7.11 Å². The molecule has 2 aromatic rings. The topological polar surface area (TPSA) is 93.7 Å². The summed E-state index contributed by atoms with van der Waals surface area (Å²) in [7, 11) is 1.47. The molecule has 0 saturated carbocycles. The molecular weight excluding hydrogens is 515 g/mol. The summed E-state index contributed by atoms with van der Waals surface area (Å²) in [5, 5.41) is 6.73. The van der Waals surface area contributed by atoms with Crippen molar-refractivity contribution in [3.05, 3.63) is 74.5 Å². The standard InChI is InChI=1S/C28H26Cl2N2O5/c1-36-23-13-15(12-17(30)28(23)37-14-24(35)32-18-7-3-2-6-16(18)29)25-26-19(8-4-10-21(26)33)31-20-9-5-11-22(34)27(20)25/h2-3,6-7,12-13,25,31H,4-5,8-11,14H2,1H3,(H,32,35). The number of allylic oxidation sites excluding steroid dienone is 4. The van der Waals surface area contributed by atoms with Gasteiger partial charge in [0.1, 0.15) is 0 Å². The number of halogens is 2. The predicted molar refractivity (Wildman–Crippen MR) is 141 cm³/mol. The third-order valence-corrected chi connectivity index (χ3v) is 7.48. The summed E-state index contributed by atoms with van der Waals surface area (Å²) in [6, 6.07) is 10.3. The fraction of sp³-hybridized carbons (Fsp3) is 0.321. The Morgan fingerprint density at radius 1 is 0.973 bits per heavy atom. The van der Waals surface area contributed by atoms with Crippen LogP contribution < -0.4 is 20.1 Å². The lowest BCUT2D eigenvalue weighted by Gasteiger charge is -2.37. The van der Waals surface area contributed by atoms with Gasteiger partial charge in [-0.15, -0.1) is 0 Å². The Bertz CT molecular complexity index is 1320. The van der Waals surface area contributed by atoms with E-state index in [9.17, 15) is 14.4 Å². The van der Waals surface area contributed by atoms with Crippen molar-refractivity contribution in [1.29, 1.82) is 0 Å². The SMILES string of the molecule is COc1cc(C2C3=C(CCCC3=O)NC3=C2C(=O)CCC3)cc(Cl)c1OCC(=O)Nc1ccccc1Cl. The smallest absolute Gasteiger partial charge is 0.262 e. The number of hydrogen-bond donors (Lipinski definition) is 2. The van der Waals surface area contributed by atoms with Gasteiger partial charge in [-0.2, -0.15) is 0 Å². The molecule has 7 nitrogen and oxygen atoms in total. The first-order chi connectivity index (χ1) is 17.9. The van der Waals surface area contributed by atoms with E-state index in [1.807, 2.05) is 0 Å². The van der Waals surface area contributed by atoms with Crippen LogP contribution in [-0.2, 0) is 14.4 Å². The van der Waals surface area contributed by atoms with Crippen molar-refractivity contribution in [3.63, 3.8) is 0 Å². The third kappa shape index (κ3) is 4.98. The molecule has 0 fully saturated rings. The zero-order valence-corrected chi connectivity index (χ0v) is 21.8. The summed E-state index contributed by atoms with van der Waals surface area (Å²) in [6.45, 7) is -0.324. The summed E-state index contributed by atoms with van der Waals surface area (Å²) in [6.07, 6.45) is 3.97. The molecule has 9 heteroatoms. The summed E-state index contributed by atoms with van der Waals surface area (Å²) < 4.78 is 11.3. The molecule has 2 aliphatic carbocycles. The molecule has 5 rings (SSSR count). The monoisotopic (exact) mass is 540 g/mol. The second kappa shape index (κ2) is 10.6. The van der Waals surface area contributed by atoms with Crippen molar-refractivity contribution in [1.82, 2.24) is 5.32 Å². The first-order valence-corrected chi connectivity index (χ1v) is 13.0. The number of benzene rings is 2. The Labute approximate surface area is 224 Å². The van der Waals surface area contributed by atoms with Gasteiger partial charge in [0.25, 0.3) is 5.91 Å². The lowest BCUT2D eigenvalue weighted by molar-refractivity contribution is -0.118. The average Bonchev–Trinajstić information content (AvgIpc) is 2.88. The normalized spacial score (nSPS) is 17.7. The maximum atomic E-state index is 13.1. The number of anilines is 1. The number of ketones is 2. The maximum absolute atomic E-state index is 13.1. The van der Waals surface area contributed by atoms with Crippen molar-refractivity contribution in [2.75, 3.05) is 19.0 Å². The second-order valence-electron chi connectivity index (χ2n) is 9.25. The summed E-state index contributed by atoms with van der Waals surface area (Å²) in [4.78, 5) is 38.6. The van der Waals surface area contributed by atoms with Crippen LogP contribution in [0.5, 0.6) is 11.5 Å². The van der Waals surface area contributed by atoms with Crippen LogP contribution in [0.1, 0.15) is 50.0 Å². The van der Waals surface area contributed by atoms with Gasteiger partial charge in [0.05, 0.1) is 22.8 Å². The largest absolute Gasteiger partial charge is 0.493 e. The predicted octanol–water partition coefficient (Wildman–Crippen LogP) is 5.72. The zero-order chi connectivity index (χ0) is 26.1. The molecule has 1 heterocycles. The molecule has 1 amide bonds. The van der Waals surface area contributed by atoms with E-state index >= 15 is 0 Å². The Balaban J connectivity index is 1.46. The zero-order valence-electron chi connectivity index (χ0n) is 20.3. The lowest BCUT2D eigenvalue weighted by Crippen LogP contribution is -2.36. The van der Waals surface area contributed by atoms with E-state index < -0.39 is 11.8 Å². The van der Waals surface area contributed by atoms with Crippen LogP contribution in [0, 0.1) is 0 Å². The highest BCUT2D eigenvalue weighted by Gasteiger charge is 2.40. The molecule has 0 bridgehead atoms. The first kappa shape index (κ1) is 25.4. The molecular formula is C28H26Cl2N2O5. The third-order valence-electron chi connectivity index (χ3n) is 6.87. The number of amides is 1. The highest BCUT2D eigenvalue weighted by atomic mass is 35.5. The summed E-state index contributed by atoms with van der Waals surface area (Å²) in [5.41, 5.74) is 4.20. The fourth-order valence-electron chi connectivity index (χ4n) is 5.25. The van der Waals surface area contributed by atoms with Gasteiger partial charge in [-0.25, -0.2) is 0 Å². The van der Waals surface area contributed by atoms with Crippen molar-refractivity contribution in [3.8, 4) is 11.5 Å². The number of dihydropyridines is 1. The highest BCUT2D eigenvalue weighted by Crippen LogP contribution is 2.48. The van der Waals surface area contributed by atoms with Crippen molar-refractivity contribution < 1.29 is 23.9 Å². The molecule has 0 radical (unpaired) electrons. The van der Waals surface area contributed by atoms with Gasteiger partial charge in [0.2, 0.25) is 0 Å². The van der Waals surface area contributed by atoms with E-state index in [1.54, 1.807) is 36.4 Å². The number of ether oxygens (including phenoxy) is 2. The average molecular weight is 541 g/mol. The molecule has 3 aliphatic rings. The number of carbonyl (C=O) groups excluding carboxylic acids is 3. The van der Waals surface area contributed by atoms with Crippen LogP contribution in [-0.4, -0.2) is 31.2 Å². The molecule has 0 unspecified atom stereocenters. The van der Waals surface area contributed by atoms with Crippen molar-refractivity contribution in [2.24, 2.45) is 0 Å². The number of Topliss-reactive ketones (excluding diaryl/α,β-unsaturated/α-hetero) is 2. The van der Waals surface area contributed by atoms with Gasteiger partial charge < -0.3 is 20.1 Å². The second-order valence-corrected chi connectivity index (χ2v) is 10.1. The minimum atomic E-state index is -0.518. The van der Waals surface area contributed by atoms with E-state index in [0.717, 1.165) is 37.1 Å². The van der Waals surface area contributed by atoms with Crippen LogP contribution in [0.15, 0.2) is 58.9 Å². The quantitative estimate of drug-likeness (QED) is 0.486. The van der Waals surface area contributed by atoms with Gasteiger partial charge in [0.15, 0.2) is 29.7 Å². The summed E-state index contributed by atoms with van der Waals surface area (Å²) in [5.74, 6) is -0.354.